The van der Waals surface area contributed by atoms with Crippen LogP contribution in [0.5, 0.6) is 0 Å². The number of carbonyl (C=O) groups is 2. The molecular formula is C16H21BrN2O2. The summed E-state index contributed by atoms with van der Waals surface area (Å²) in [5.41, 5.74) is 0.178. The Morgan fingerprint density at radius 1 is 1.33 bits per heavy atom. The molecule has 1 saturated heterocycles. The number of hydrogen-bond acceptors (Lipinski definition) is 2. The first kappa shape index (κ1) is 16.0. The molecule has 0 saturated carbocycles. The molecule has 1 aromatic rings. The standard InChI is InChI=1S/C16H21BrN2O2/c1-4-6-13-14(20)18-16(2,3)15(21)19(13)10-11-7-5-8-12(17)9-11/h5,7-9,13H,4,6,10H2,1-3H3,(H,18,20). The van der Waals surface area contributed by atoms with Crippen molar-refractivity contribution in [3.63, 3.8) is 0 Å². The molecule has 0 bridgehead atoms. The van der Waals surface area contributed by atoms with Gasteiger partial charge in [-0.3, -0.25) is 9.59 Å². The number of halogens is 1. The fourth-order valence-electron chi connectivity index (χ4n) is 2.66. The molecule has 1 N–H and O–H groups in total. The Morgan fingerprint density at radius 3 is 2.67 bits per heavy atom. The summed E-state index contributed by atoms with van der Waals surface area (Å²) in [7, 11) is 0. The summed E-state index contributed by atoms with van der Waals surface area (Å²) in [5.74, 6) is -0.0861. The van der Waals surface area contributed by atoms with Gasteiger partial charge in [-0.1, -0.05) is 41.4 Å². The quantitative estimate of drug-likeness (QED) is 0.905. The molecule has 0 aliphatic carbocycles. The van der Waals surface area contributed by atoms with Gasteiger partial charge in [-0.25, -0.2) is 0 Å². The molecule has 2 rings (SSSR count). The van der Waals surface area contributed by atoms with Crippen LogP contribution in [0, 0.1) is 0 Å². The van der Waals surface area contributed by atoms with E-state index < -0.39 is 5.54 Å². The number of rotatable bonds is 4. The van der Waals surface area contributed by atoms with E-state index >= 15 is 0 Å². The summed E-state index contributed by atoms with van der Waals surface area (Å²) in [6.45, 7) is 5.99. The molecule has 1 heterocycles. The largest absolute Gasteiger partial charge is 0.340 e. The van der Waals surface area contributed by atoms with Crippen molar-refractivity contribution in [1.82, 2.24) is 10.2 Å². The Labute approximate surface area is 134 Å². The molecule has 5 heteroatoms. The molecule has 0 aromatic heterocycles. The minimum atomic E-state index is -0.840. The zero-order valence-electron chi connectivity index (χ0n) is 12.6. The third-order valence-corrected chi connectivity index (χ3v) is 4.21. The predicted molar refractivity (Wildman–Crippen MR) is 85.6 cm³/mol. The fraction of sp³-hybridized carbons (Fsp3) is 0.500. The van der Waals surface area contributed by atoms with Gasteiger partial charge in [0, 0.05) is 11.0 Å². The van der Waals surface area contributed by atoms with Gasteiger partial charge in [0.1, 0.15) is 11.6 Å². The molecule has 0 radical (unpaired) electrons. The van der Waals surface area contributed by atoms with Crippen LogP contribution >= 0.6 is 15.9 Å². The van der Waals surface area contributed by atoms with E-state index in [2.05, 4.69) is 21.2 Å². The average molecular weight is 353 g/mol. The highest BCUT2D eigenvalue weighted by Gasteiger charge is 2.44. The number of amides is 2. The third-order valence-electron chi connectivity index (χ3n) is 3.71. The van der Waals surface area contributed by atoms with Crippen LogP contribution in [-0.2, 0) is 16.1 Å². The summed E-state index contributed by atoms with van der Waals surface area (Å²) in [6.07, 6.45) is 1.54. The maximum Gasteiger partial charge on any atom is 0.248 e. The van der Waals surface area contributed by atoms with E-state index in [1.54, 1.807) is 18.7 Å². The van der Waals surface area contributed by atoms with Crippen LogP contribution in [0.25, 0.3) is 0 Å². The third kappa shape index (κ3) is 3.46. The van der Waals surface area contributed by atoms with E-state index in [-0.39, 0.29) is 17.9 Å². The van der Waals surface area contributed by atoms with Crippen LogP contribution < -0.4 is 5.32 Å². The van der Waals surface area contributed by atoms with Crippen molar-refractivity contribution >= 4 is 27.7 Å². The summed E-state index contributed by atoms with van der Waals surface area (Å²) in [4.78, 5) is 26.7. The van der Waals surface area contributed by atoms with Crippen LogP contribution in [0.4, 0.5) is 0 Å². The molecule has 21 heavy (non-hydrogen) atoms. The van der Waals surface area contributed by atoms with Crippen LogP contribution in [0.1, 0.15) is 39.2 Å². The van der Waals surface area contributed by atoms with Crippen molar-refractivity contribution < 1.29 is 9.59 Å². The molecule has 1 unspecified atom stereocenters. The first-order valence-corrected chi connectivity index (χ1v) is 8.02. The van der Waals surface area contributed by atoms with E-state index in [1.165, 1.54) is 0 Å². The van der Waals surface area contributed by atoms with Gasteiger partial charge in [0.15, 0.2) is 0 Å². The monoisotopic (exact) mass is 352 g/mol. The van der Waals surface area contributed by atoms with Gasteiger partial charge in [0.05, 0.1) is 0 Å². The van der Waals surface area contributed by atoms with Crippen LogP contribution in [-0.4, -0.2) is 28.3 Å². The van der Waals surface area contributed by atoms with Crippen molar-refractivity contribution in [2.24, 2.45) is 0 Å². The van der Waals surface area contributed by atoms with Crippen LogP contribution in [0.3, 0.4) is 0 Å². The van der Waals surface area contributed by atoms with Crippen molar-refractivity contribution in [2.75, 3.05) is 0 Å². The SMILES string of the molecule is CCCC1C(=O)NC(C)(C)C(=O)N1Cc1cccc(Br)c1. The Balaban J connectivity index is 2.30. The molecule has 114 valence electrons. The number of nitrogens with one attached hydrogen (secondary N) is 1. The number of carbonyl (C=O) groups excluding carboxylic acids is 2. The lowest BCUT2D eigenvalue weighted by Crippen LogP contribution is -2.67. The Kier molecular flexibility index (Phi) is 4.71. The van der Waals surface area contributed by atoms with Gasteiger partial charge in [-0.15, -0.1) is 0 Å². The lowest BCUT2D eigenvalue weighted by Gasteiger charge is -2.43. The molecule has 1 aliphatic heterocycles. The van der Waals surface area contributed by atoms with E-state index in [1.807, 2.05) is 31.2 Å². The average Bonchev–Trinajstić information content (AvgIpc) is 2.40. The van der Waals surface area contributed by atoms with E-state index in [0.29, 0.717) is 13.0 Å². The first-order valence-electron chi connectivity index (χ1n) is 7.22. The fourth-order valence-corrected chi connectivity index (χ4v) is 3.11. The Morgan fingerprint density at radius 2 is 2.05 bits per heavy atom. The minimum absolute atomic E-state index is 0.0273. The van der Waals surface area contributed by atoms with Gasteiger partial charge < -0.3 is 10.2 Å². The van der Waals surface area contributed by atoms with E-state index in [0.717, 1.165) is 16.5 Å². The first-order chi connectivity index (χ1) is 9.85. The number of piperazine rings is 1. The minimum Gasteiger partial charge on any atom is -0.340 e. The molecule has 2 amide bonds. The molecule has 1 fully saturated rings. The summed E-state index contributed by atoms with van der Waals surface area (Å²) < 4.78 is 0.972. The van der Waals surface area contributed by atoms with Gasteiger partial charge >= 0.3 is 0 Å². The van der Waals surface area contributed by atoms with Gasteiger partial charge in [0.25, 0.3) is 0 Å². The lowest BCUT2D eigenvalue weighted by molar-refractivity contribution is -0.154. The number of hydrogen-bond donors (Lipinski definition) is 1. The smallest absolute Gasteiger partial charge is 0.248 e. The Hall–Kier alpha value is -1.36. The highest BCUT2D eigenvalue weighted by Crippen LogP contribution is 2.24. The summed E-state index contributed by atoms with van der Waals surface area (Å²) in [6, 6.07) is 7.46. The normalized spacial score (nSPS) is 21.3. The maximum absolute atomic E-state index is 12.7. The summed E-state index contributed by atoms with van der Waals surface area (Å²) >= 11 is 3.44. The maximum atomic E-state index is 12.7. The molecule has 1 aliphatic rings. The van der Waals surface area contributed by atoms with Gasteiger partial charge in [0.2, 0.25) is 11.8 Å². The zero-order chi connectivity index (χ0) is 15.6. The van der Waals surface area contributed by atoms with Gasteiger partial charge in [-0.05, 0) is 38.0 Å². The molecule has 1 aromatic carbocycles. The van der Waals surface area contributed by atoms with Crippen molar-refractivity contribution in [3.05, 3.63) is 34.3 Å². The Bertz CT molecular complexity index is 557. The number of benzene rings is 1. The van der Waals surface area contributed by atoms with Crippen LogP contribution in [0.15, 0.2) is 28.7 Å². The molecule has 0 spiro atoms. The molecule has 1 atom stereocenters. The van der Waals surface area contributed by atoms with Crippen molar-refractivity contribution in [1.29, 1.82) is 0 Å². The van der Waals surface area contributed by atoms with Crippen LogP contribution in [0.2, 0.25) is 0 Å². The second kappa shape index (κ2) is 6.18. The zero-order valence-corrected chi connectivity index (χ0v) is 14.2. The van der Waals surface area contributed by atoms with E-state index in [4.69, 9.17) is 0 Å². The van der Waals surface area contributed by atoms with Crippen molar-refractivity contribution in [2.45, 2.75) is 51.7 Å². The predicted octanol–water partition coefficient (Wildman–Crippen LogP) is 2.85. The second-order valence-electron chi connectivity index (χ2n) is 5.98. The number of nitrogens with zero attached hydrogens (tertiary/aromatic N) is 1. The highest BCUT2D eigenvalue weighted by atomic mass is 79.9. The van der Waals surface area contributed by atoms with E-state index in [9.17, 15) is 9.59 Å². The summed E-state index contributed by atoms with van der Waals surface area (Å²) in [5, 5.41) is 2.83. The van der Waals surface area contributed by atoms with Crippen molar-refractivity contribution in [3.8, 4) is 0 Å². The highest BCUT2D eigenvalue weighted by molar-refractivity contribution is 9.10. The van der Waals surface area contributed by atoms with Gasteiger partial charge in [-0.2, -0.15) is 0 Å². The topological polar surface area (TPSA) is 49.4 Å². The molecular weight excluding hydrogens is 332 g/mol. The second-order valence-corrected chi connectivity index (χ2v) is 6.90. The molecule has 4 nitrogen and oxygen atoms in total. The lowest BCUT2D eigenvalue weighted by atomic mass is 9.94.